The molecule has 1 aliphatic rings. The van der Waals surface area contributed by atoms with E-state index in [2.05, 4.69) is 37.4 Å². The zero-order valence-electron chi connectivity index (χ0n) is 17.5. The Kier molecular flexibility index (Phi) is 8.38. The van der Waals surface area contributed by atoms with E-state index >= 15 is 0 Å². The highest BCUT2D eigenvalue weighted by Crippen LogP contribution is 2.24. The molecule has 4 rings (SSSR count). The first-order valence-corrected chi connectivity index (χ1v) is 10.4. The van der Waals surface area contributed by atoms with Crippen molar-refractivity contribution in [3.63, 3.8) is 0 Å². The quantitative estimate of drug-likeness (QED) is 0.286. The van der Waals surface area contributed by atoms with Gasteiger partial charge in [-0.2, -0.15) is 10.2 Å². The summed E-state index contributed by atoms with van der Waals surface area (Å²) < 4.78 is 14.9. The van der Waals surface area contributed by atoms with Crippen LogP contribution in [0.5, 0.6) is 0 Å². The van der Waals surface area contributed by atoms with Crippen LogP contribution in [0.1, 0.15) is 37.2 Å². The Bertz CT molecular complexity index is 946. The Balaban J connectivity index is 0.00000272. The van der Waals surface area contributed by atoms with Crippen molar-refractivity contribution in [3.8, 4) is 5.69 Å². The molecule has 0 atom stereocenters. The average molecular weight is 538 g/mol. The standard InChI is InChI=1S/C21H27FN8.HI/c1-2-23-21(29-12-8-16(9-13-29)20-25-15-26-27-20)24-11-7-18-10-14-30(28-18)19-5-3-17(22)4-6-19;/h3-6,10,14-16H,2,7-9,11-13H2,1H3,(H,23,24)(H,25,26,27);1H. The third-order valence-corrected chi connectivity index (χ3v) is 5.31. The van der Waals surface area contributed by atoms with E-state index in [-0.39, 0.29) is 29.8 Å². The minimum Gasteiger partial charge on any atom is -0.357 e. The maximum atomic E-state index is 13.1. The molecule has 10 heteroatoms. The number of aliphatic imine (C=N–C) groups is 1. The molecule has 2 aromatic heterocycles. The Hall–Kier alpha value is -2.50. The van der Waals surface area contributed by atoms with Crippen LogP contribution < -0.4 is 5.32 Å². The minimum absolute atomic E-state index is 0. The molecule has 31 heavy (non-hydrogen) atoms. The number of aromatic amines is 1. The molecule has 1 saturated heterocycles. The monoisotopic (exact) mass is 538 g/mol. The summed E-state index contributed by atoms with van der Waals surface area (Å²) in [6.45, 7) is 5.46. The number of nitrogens with one attached hydrogen (secondary N) is 2. The van der Waals surface area contributed by atoms with Gasteiger partial charge in [-0.05, 0) is 50.1 Å². The summed E-state index contributed by atoms with van der Waals surface area (Å²) in [4.78, 5) is 11.4. The molecule has 2 N–H and O–H groups in total. The summed E-state index contributed by atoms with van der Waals surface area (Å²) in [6.07, 6.45) is 6.28. The molecule has 3 aromatic rings. The van der Waals surface area contributed by atoms with Gasteiger partial charge in [0.15, 0.2) is 5.96 Å². The van der Waals surface area contributed by atoms with Gasteiger partial charge in [-0.15, -0.1) is 24.0 Å². The number of likely N-dealkylation sites (tertiary alicyclic amines) is 1. The smallest absolute Gasteiger partial charge is 0.193 e. The number of hydrogen-bond acceptors (Lipinski definition) is 4. The lowest BCUT2D eigenvalue weighted by Crippen LogP contribution is -2.45. The van der Waals surface area contributed by atoms with Crippen molar-refractivity contribution < 1.29 is 4.39 Å². The summed E-state index contributed by atoms with van der Waals surface area (Å²) in [5.41, 5.74) is 1.80. The number of piperidine rings is 1. The second-order valence-corrected chi connectivity index (χ2v) is 7.35. The number of benzene rings is 1. The predicted octanol–water partition coefficient (Wildman–Crippen LogP) is 3.14. The van der Waals surface area contributed by atoms with E-state index in [0.29, 0.717) is 12.5 Å². The van der Waals surface area contributed by atoms with Gasteiger partial charge >= 0.3 is 0 Å². The van der Waals surface area contributed by atoms with Gasteiger partial charge in [-0.25, -0.2) is 14.1 Å². The molecule has 1 aliphatic heterocycles. The fraction of sp³-hybridized carbons (Fsp3) is 0.429. The molecule has 0 saturated carbocycles. The van der Waals surface area contributed by atoms with Gasteiger partial charge < -0.3 is 10.2 Å². The van der Waals surface area contributed by atoms with Crippen molar-refractivity contribution in [2.45, 2.75) is 32.1 Å². The number of H-pyrrole nitrogens is 1. The van der Waals surface area contributed by atoms with Crippen LogP contribution in [-0.2, 0) is 6.42 Å². The van der Waals surface area contributed by atoms with Crippen LogP contribution in [0.15, 0.2) is 47.8 Å². The maximum absolute atomic E-state index is 13.1. The molecule has 8 nitrogen and oxygen atoms in total. The van der Waals surface area contributed by atoms with E-state index in [1.165, 1.54) is 12.1 Å². The molecule has 166 valence electrons. The third-order valence-electron chi connectivity index (χ3n) is 5.31. The van der Waals surface area contributed by atoms with Gasteiger partial charge in [0.2, 0.25) is 0 Å². The largest absolute Gasteiger partial charge is 0.357 e. The molecule has 0 amide bonds. The zero-order chi connectivity index (χ0) is 20.8. The molecule has 0 radical (unpaired) electrons. The van der Waals surface area contributed by atoms with Crippen LogP contribution in [0.4, 0.5) is 4.39 Å². The van der Waals surface area contributed by atoms with Crippen molar-refractivity contribution in [2.24, 2.45) is 4.99 Å². The first-order valence-electron chi connectivity index (χ1n) is 10.4. The summed E-state index contributed by atoms with van der Waals surface area (Å²) in [6, 6.07) is 8.30. The van der Waals surface area contributed by atoms with Crippen LogP contribution in [0.3, 0.4) is 0 Å². The van der Waals surface area contributed by atoms with Crippen LogP contribution in [0.2, 0.25) is 0 Å². The third kappa shape index (κ3) is 6.02. The van der Waals surface area contributed by atoms with Gasteiger partial charge in [0.25, 0.3) is 0 Å². The Labute approximate surface area is 198 Å². The number of aromatic nitrogens is 5. The minimum atomic E-state index is -0.249. The van der Waals surface area contributed by atoms with E-state index < -0.39 is 0 Å². The fourth-order valence-corrected chi connectivity index (χ4v) is 3.71. The van der Waals surface area contributed by atoms with Crippen LogP contribution >= 0.6 is 24.0 Å². The van der Waals surface area contributed by atoms with Gasteiger partial charge in [0.05, 0.1) is 11.4 Å². The first kappa shape index (κ1) is 23.2. The summed E-state index contributed by atoms with van der Waals surface area (Å²) in [7, 11) is 0. The molecule has 1 fully saturated rings. The van der Waals surface area contributed by atoms with E-state index in [1.54, 1.807) is 23.1 Å². The highest BCUT2D eigenvalue weighted by Gasteiger charge is 2.24. The molecule has 1 aromatic carbocycles. The van der Waals surface area contributed by atoms with Crippen molar-refractivity contribution in [1.29, 1.82) is 0 Å². The van der Waals surface area contributed by atoms with Gasteiger partial charge in [-0.3, -0.25) is 10.1 Å². The highest BCUT2D eigenvalue weighted by atomic mass is 127. The summed E-state index contributed by atoms with van der Waals surface area (Å²) in [5, 5.41) is 14.9. The molecular formula is C21H28FIN8. The number of nitrogens with zero attached hydrogens (tertiary/aromatic N) is 6. The highest BCUT2D eigenvalue weighted by molar-refractivity contribution is 14.0. The average Bonchev–Trinajstić information content (AvgIpc) is 3.46. The molecule has 0 unspecified atom stereocenters. The topological polar surface area (TPSA) is 87.0 Å². The van der Waals surface area contributed by atoms with Crippen molar-refractivity contribution in [3.05, 3.63) is 60.2 Å². The predicted molar refractivity (Wildman–Crippen MR) is 129 cm³/mol. The van der Waals surface area contributed by atoms with Crippen LogP contribution in [-0.4, -0.2) is 62.0 Å². The fourth-order valence-electron chi connectivity index (χ4n) is 3.71. The molecule has 3 heterocycles. The van der Waals surface area contributed by atoms with Gasteiger partial charge in [0.1, 0.15) is 18.0 Å². The second kappa shape index (κ2) is 11.2. The maximum Gasteiger partial charge on any atom is 0.193 e. The lowest BCUT2D eigenvalue weighted by Gasteiger charge is -2.33. The zero-order valence-corrected chi connectivity index (χ0v) is 19.9. The molecule has 0 aliphatic carbocycles. The van der Waals surface area contributed by atoms with Crippen molar-refractivity contribution >= 4 is 29.9 Å². The Morgan fingerprint density at radius 2 is 2.00 bits per heavy atom. The normalized spacial score (nSPS) is 15.0. The lowest BCUT2D eigenvalue weighted by atomic mass is 9.96. The number of guanidine groups is 1. The molecule has 0 spiro atoms. The van der Waals surface area contributed by atoms with Crippen molar-refractivity contribution in [2.75, 3.05) is 26.2 Å². The first-order chi connectivity index (χ1) is 14.7. The Morgan fingerprint density at radius 1 is 1.23 bits per heavy atom. The van der Waals surface area contributed by atoms with E-state index in [4.69, 9.17) is 4.99 Å². The van der Waals surface area contributed by atoms with E-state index in [9.17, 15) is 4.39 Å². The molecular weight excluding hydrogens is 510 g/mol. The summed E-state index contributed by atoms with van der Waals surface area (Å²) >= 11 is 0. The summed E-state index contributed by atoms with van der Waals surface area (Å²) in [5.74, 6) is 2.11. The van der Waals surface area contributed by atoms with Gasteiger partial charge in [0, 0.05) is 44.7 Å². The number of halogens is 2. The van der Waals surface area contributed by atoms with E-state index in [1.807, 2.05) is 12.3 Å². The van der Waals surface area contributed by atoms with Crippen LogP contribution in [0.25, 0.3) is 5.69 Å². The van der Waals surface area contributed by atoms with E-state index in [0.717, 1.165) is 62.1 Å². The number of rotatable bonds is 6. The molecule has 0 bridgehead atoms. The second-order valence-electron chi connectivity index (χ2n) is 7.35. The van der Waals surface area contributed by atoms with Crippen LogP contribution in [0, 0.1) is 5.82 Å². The number of hydrogen-bond donors (Lipinski definition) is 2. The van der Waals surface area contributed by atoms with Crippen molar-refractivity contribution in [1.82, 2.24) is 35.2 Å². The Morgan fingerprint density at radius 3 is 2.68 bits per heavy atom. The SMILES string of the molecule is CCNC(=NCCc1ccn(-c2ccc(F)cc2)n1)N1CCC(c2ncn[nH]2)CC1.I. The lowest BCUT2D eigenvalue weighted by molar-refractivity contribution is 0.299. The van der Waals surface area contributed by atoms with Gasteiger partial charge in [-0.1, -0.05) is 0 Å².